The zero-order chi connectivity index (χ0) is 24.5. The van der Waals surface area contributed by atoms with E-state index in [2.05, 4.69) is 4.99 Å². The SMILES string of the molecule is NC(=O)C(N)=C1CCN(c2ccc(N3CCCCC3=O)cc2)C(=O)C1=Nc1ccc2c(c1)CCO2. The van der Waals surface area contributed by atoms with Gasteiger partial charge in [-0.05, 0) is 67.3 Å². The van der Waals surface area contributed by atoms with Gasteiger partial charge in [0.25, 0.3) is 11.8 Å². The minimum Gasteiger partial charge on any atom is -0.493 e. The van der Waals surface area contributed by atoms with Crippen LogP contribution >= 0.6 is 0 Å². The third kappa shape index (κ3) is 4.37. The van der Waals surface area contributed by atoms with Crippen LogP contribution in [0, 0.1) is 0 Å². The van der Waals surface area contributed by atoms with Crippen LogP contribution in [0.3, 0.4) is 0 Å². The van der Waals surface area contributed by atoms with Crippen LogP contribution < -0.4 is 26.0 Å². The highest BCUT2D eigenvalue weighted by Gasteiger charge is 2.32. The van der Waals surface area contributed by atoms with Gasteiger partial charge in [-0.1, -0.05) is 0 Å². The third-order valence-corrected chi connectivity index (χ3v) is 6.62. The van der Waals surface area contributed by atoms with Gasteiger partial charge in [0, 0.05) is 42.9 Å². The lowest BCUT2D eigenvalue weighted by molar-refractivity contribution is -0.119. The van der Waals surface area contributed by atoms with E-state index in [1.165, 1.54) is 0 Å². The topological polar surface area (TPSA) is 131 Å². The quantitative estimate of drug-likeness (QED) is 0.658. The molecule has 3 aliphatic rings. The molecule has 0 spiro atoms. The lowest BCUT2D eigenvalue weighted by atomic mass is 9.97. The summed E-state index contributed by atoms with van der Waals surface area (Å²) in [7, 11) is 0. The number of hydrogen-bond donors (Lipinski definition) is 2. The van der Waals surface area contributed by atoms with Gasteiger partial charge in [-0.25, -0.2) is 4.99 Å². The molecule has 2 aromatic rings. The zero-order valence-electron chi connectivity index (χ0n) is 19.3. The maximum Gasteiger partial charge on any atom is 0.277 e. The second-order valence-electron chi connectivity index (χ2n) is 8.83. The Bertz CT molecular complexity index is 1270. The van der Waals surface area contributed by atoms with Gasteiger partial charge in [0.1, 0.15) is 17.2 Å². The van der Waals surface area contributed by atoms with Crippen molar-refractivity contribution in [1.82, 2.24) is 0 Å². The van der Waals surface area contributed by atoms with E-state index < -0.39 is 5.91 Å². The maximum absolute atomic E-state index is 13.6. The smallest absolute Gasteiger partial charge is 0.277 e. The summed E-state index contributed by atoms with van der Waals surface area (Å²) in [6, 6.07) is 12.8. The molecule has 2 aromatic carbocycles. The minimum absolute atomic E-state index is 0.0988. The Hall–Kier alpha value is -4.14. The van der Waals surface area contributed by atoms with Gasteiger partial charge in [0.2, 0.25) is 5.91 Å². The number of fused-ring (bicyclic) bond motifs is 1. The lowest BCUT2D eigenvalue weighted by Crippen LogP contribution is -2.44. The standard InChI is InChI=1S/C26H27N5O4/c27-23(25(28)33)20-10-13-31(19-7-5-18(6-8-19)30-12-2-1-3-22(30)32)26(34)24(20)29-17-4-9-21-16(15-17)11-14-35-21/h4-9,15H,1-3,10-14,27H2,(H2,28,33). The molecule has 0 bridgehead atoms. The summed E-state index contributed by atoms with van der Waals surface area (Å²) < 4.78 is 5.55. The van der Waals surface area contributed by atoms with Crippen molar-refractivity contribution in [1.29, 1.82) is 0 Å². The van der Waals surface area contributed by atoms with Gasteiger partial charge in [-0.2, -0.15) is 0 Å². The first kappa shape index (κ1) is 22.6. The van der Waals surface area contributed by atoms with Crippen molar-refractivity contribution in [2.24, 2.45) is 16.5 Å². The fourth-order valence-corrected chi connectivity index (χ4v) is 4.74. The van der Waals surface area contributed by atoms with Crippen molar-refractivity contribution in [2.45, 2.75) is 32.1 Å². The summed E-state index contributed by atoms with van der Waals surface area (Å²) in [6.45, 7) is 1.63. The van der Waals surface area contributed by atoms with E-state index >= 15 is 0 Å². The van der Waals surface area contributed by atoms with E-state index in [0.29, 0.717) is 49.5 Å². The molecule has 180 valence electrons. The number of carbonyl (C=O) groups is 3. The van der Waals surface area contributed by atoms with Crippen LogP contribution in [-0.4, -0.2) is 43.1 Å². The van der Waals surface area contributed by atoms with Crippen molar-refractivity contribution < 1.29 is 19.1 Å². The molecule has 2 saturated heterocycles. The van der Waals surface area contributed by atoms with Crippen LogP contribution in [0.5, 0.6) is 5.75 Å². The van der Waals surface area contributed by atoms with E-state index in [9.17, 15) is 14.4 Å². The normalized spacial score (nSPS) is 20.6. The number of aliphatic imine (C=N–C) groups is 1. The van der Waals surface area contributed by atoms with Crippen LogP contribution in [0.4, 0.5) is 17.1 Å². The Morgan fingerprint density at radius 3 is 2.34 bits per heavy atom. The number of nitrogens with two attached hydrogens (primary N) is 2. The highest BCUT2D eigenvalue weighted by atomic mass is 16.5. The summed E-state index contributed by atoms with van der Waals surface area (Å²) in [5.41, 5.74) is 14.8. The average Bonchev–Trinajstić information content (AvgIpc) is 3.33. The minimum atomic E-state index is -0.785. The fourth-order valence-electron chi connectivity index (χ4n) is 4.74. The van der Waals surface area contributed by atoms with Crippen LogP contribution in [0.1, 0.15) is 31.2 Å². The monoisotopic (exact) mass is 473 g/mol. The van der Waals surface area contributed by atoms with E-state index in [0.717, 1.165) is 36.3 Å². The van der Waals surface area contributed by atoms with E-state index in [-0.39, 0.29) is 23.2 Å². The molecule has 0 unspecified atom stereocenters. The number of anilines is 2. The number of carbonyl (C=O) groups excluding carboxylic acids is 3. The van der Waals surface area contributed by atoms with Crippen LogP contribution in [0.15, 0.2) is 58.7 Å². The Labute approximate surface area is 203 Å². The van der Waals surface area contributed by atoms with Crippen LogP contribution in [0.2, 0.25) is 0 Å². The van der Waals surface area contributed by atoms with Crippen molar-refractivity contribution in [3.05, 3.63) is 59.3 Å². The van der Waals surface area contributed by atoms with Crippen molar-refractivity contribution >= 4 is 40.5 Å². The van der Waals surface area contributed by atoms with Crippen molar-refractivity contribution in [2.75, 3.05) is 29.5 Å². The first-order valence-corrected chi connectivity index (χ1v) is 11.8. The number of primary amides is 1. The Balaban J connectivity index is 1.47. The van der Waals surface area contributed by atoms with Crippen molar-refractivity contribution in [3.8, 4) is 5.75 Å². The zero-order valence-corrected chi connectivity index (χ0v) is 19.3. The highest BCUT2D eigenvalue weighted by Crippen LogP contribution is 2.32. The predicted molar refractivity (Wildman–Crippen MR) is 133 cm³/mol. The maximum atomic E-state index is 13.6. The van der Waals surface area contributed by atoms with E-state index in [4.69, 9.17) is 16.2 Å². The molecule has 5 rings (SSSR count). The number of ether oxygens (including phenoxy) is 1. The average molecular weight is 474 g/mol. The number of piperidine rings is 2. The number of rotatable bonds is 4. The Kier molecular flexibility index (Phi) is 5.98. The van der Waals surface area contributed by atoms with E-state index in [1.807, 2.05) is 36.4 Å². The summed E-state index contributed by atoms with van der Waals surface area (Å²) in [6.07, 6.45) is 3.55. The molecule has 3 aliphatic heterocycles. The lowest BCUT2D eigenvalue weighted by Gasteiger charge is -2.31. The van der Waals surface area contributed by atoms with Gasteiger partial charge in [0.05, 0.1) is 12.3 Å². The van der Waals surface area contributed by atoms with Gasteiger partial charge < -0.3 is 26.0 Å². The summed E-state index contributed by atoms with van der Waals surface area (Å²) >= 11 is 0. The molecule has 0 aromatic heterocycles. The molecule has 9 heteroatoms. The second-order valence-corrected chi connectivity index (χ2v) is 8.83. The fraction of sp³-hybridized carbons (Fsp3) is 0.308. The molecule has 9 nitrogen and oxygen atoms in total. The molecule has 3 amide bonds. The number of nitrogens with zero attached hydrogens (tertiary/aromatic N) is 3. The number of amides is 3. The van der Waals surface area contributed by atoms with Crippen LogP contribution in [-0.2, 0) is 20.8 Å². The molecular formula is C26H27N5O4. The Morgan fingerprint density at radius 2 is 1.63 bits per heavy atom. The first-order chi connectivity index (χ1) is 16.9. The molecular weight excluding hydrogens is 446 g/mol. The first-order valence-electron chi connectivity index (χ1n) is 11.8. The third-order valence-electron chi connectivity index (χ3n) is 6.62. The van der Waals surface area contributed by atoms with Gasteiger partial charge >= 0.3 is 0 Å². The number of hydrogen-bond acceptors (Lipinski definition) is 6. The molecule has 35 heavy (non-hydrogen) atoms. The molecule has 0 atom stereocenters. The van der Waals surface area contributed by atoms with Crippen molar-refractivity contribution in [3.63, 3.8) is 0 Å². The summed E-state index contributed by atoms with van der Waals surface area (Å²) in [5, 5.41) is 0. The van der Waals surface area contributed by atoms with Crippen LogP contribution in [0.25, 0.3) is 0 Å². The molecule has 4 N–H and O–H groups in total. The predicted octanol–water partition coefficient (Wildman–Crippen LogP) is 2.35. The number of benzene rings is 2. The van der Waals surface area contributed by atoms with E-state index in [1.54, 1.807) is 15.9 Å². The molecule has 0 saturated carbocycles. The largest absolute Gasteiger partial charge is 0.493 e. The molecule has 2 fully saturated rings. The molecule has 3 heterocycles. The second kappa shape index (κ2) is 9.25. The van der Waals surface area contributed by atoms with Gasteiger partial charge in [0.15, 0.2) is 0 Å². The van der Waals surface area contributed by atoms with Gasteiger partial charge in [-0.3, -0.25) is 14.4 Å². The van der Waals surface area contributed by atoms with Gasteiger partial charge in [-0.15, -0.1) is 0 Å². The summed E-state index contributed by atoms with van der Waals surface area (Å²) in [4.78, 5) is 45.7. The molecule has 0 aliphatic carbocycles. The highest BCUT2D eigenvalue weighted by molar-refractivity contribution is 6.51. The summed E-state index contributed by atoms with van der Waals surface area (Å²) in [5.74, 6) is -0.227. The Morgan fingerprint density at radius 1 is 0.886 bits per heavy atom. The molecule has 0 radical (unpaired) electrons.